The quantitative estimate of drug-likeness (QED) is 0.534. The van der Waals surface area contributed by atoms with E-state index in [0.717, 1.165) is 12.0 Å². The van der Waals surface area contributed by atoms with Gasteiger partial charge in [0.05, 0.1) is 12.2 Å². The molecule has 9 nitrogen and oxygen atoms in total. The minimum Gasteiger partial charge on any atom is -0.475 e. The molecule has 4 aromatic heterocycles. The second-order valence-electron chi connectivity index (χ2n) is 6.52. The van der Waals surface area contributed by atoms with Crippen LogP contribution in [-0.4, -0.2) is 45.2 Å². The van der Waals surface area contributed by atoms with E-state index in [2.05, 4.69) is 25.0 Å². The van der Waals surface area contributed by atoms with Crippen molar-refractivity contribution in [3.8, 4) is 11.5 Å². The lowest BCUT2D eigenvalue weighted by Crippen LogP contribution is -2.12. The van der Waals surface area contributed by atoms with Gasteiger partial charge in [-0.15, -0.1) is 5.10 Å². The number of aryl methyl sites for hydroxylation is 2. The molecule has 0 aliphatic rings. The van der Waals surface area contributed by atoms with Crippen molar-refractivity contribution in [1.82, 2.24) is 34.1 Å². The van der Waals surface area contributed by atoms with Crippen LogP contribution in [0.25, 0.3) is 17.2 Å². The number of carbonyl (C=O) groups is 1. The Morgan fingerprint density at radius 3 is 2.79 bits per heavy atom. The molecule has 0 unspecified atom stereocenters. The zero-order valence-electron chi connectivity index (χ0n) is 15.9. The molecule has 4 aromatic rings. The van der Waals surface area contributed by atoms with Crippen molar-refractivity contribution in [1.29, 1.82) is 0 Å². The van der Waals surface area contributed by atoms with Crippen molar-refractivity contribution in [2.75, 3.05) is 0 Å². The number of hydrogen-bond acceptors (Lipinski definition) is 6. The van der Waals surface area contributed by atoms with Crippen molar-refractivity contribution in [2.24, 2.45) is 0 Å². The molecule has 0 aliphatic heterocycles. The number of halogens is 1. The average molecular weight is 395 g/mol. The van der Waals surface area contributed by atoms with Crippen LogP contribution in [-0.2, 0) is 13.0 Å². The highest BCUT2D eigenvalue weighted by Crippen LogP contribution is 2.22. The summed E-state index contributed by atoms with van der Waals surface area (Å²) in [6.45, 7) is 4.06. The van der Waals surface area contributed by atoms with Crippen LogP contribution in [0.2, 0.25) is 0 Å². The fraction of sp³-hybridized carbons (Fsp3) is 0.263. The van der Waals surface area contributed by atoms with Crippen LogP contribution < -0.4 is 0 Å². The van der Waals surface area contributed by atoms with Gasteiger partial charge in [-0.3, -0.25) is 0 Å². The minimum atomic E-state index is -1.19. The van der Waals surface area contributed by atoms with E-state index >= 15 is 0 Å². The maximum atomic E-state index is 14.2. The van der Waals surface area contributed by atoms with E-state index in [9.17, 15) is 14.3 Å². The molecule has 148 valence electrons. The first kappa shape index (κ1) is 18.7. The van der Waals surface area contributed by atoms with Gasteiger partial charge in [0, 0.05) is 24.2 Å². The SMILES string of the molecule is CCCc1c(Cn2ccnc2-c2ncccc2F)nc(C)n2nc(C(=O)O)nc12. The van der Waals surface area contributed by atoms with Gasteiger partial charge in [0.15, 0.2) is 17.3 Å². The second-order valence-corrected chi connectivity index (χ2v) is 6.52. The molecule has 0 bridgehead atoms. The number of imidazole rings is 1. The normalized spacial score (nSPS) is 11.3. The van der Waals surface area contributed by atoms with Crippen molar-refractivity contribution < 1.29 is 14.3 Å². The van der Waals surface area contributed by atoms with Gasteiger partial charge in [-0.2, -0.15) is 4.52 Å². The lowest BCUT2D eigenvalue weighted by Gasteiger charge is -2.13. The molecule has 1 N–H and O–H groups in total. The Hall–Kier alpha value is -3.69. The molecule has 4 heterocycles. The number of carboxylic acid groups (broad SMARTS) is 1. The Balaban J connectivity index is 1.83. The number of pyridine rings is 1. The molecule has 0 amide bonds. The van der Waals surface area contributed by atoms with Crippen molar-refractivity contribution >= 4 is 11.6 Å². The van der Waals surface area contributed by atoms with Crippen molar-refractivity contribution in [3.05, 3.63) is 59.4 Å². The third-order valence-electron chi connectivity index (χ3n) is 4.53. The van der Waals surface area contributed by atoms with Gasteiger partial charge in [-0.05, 0) is 25.5 Å². The maximum absolute atomic E-state index is 14.2. The highest BCUT2D eigenvalue weighted by atomic mass is 19.1. The highest BCUT2D eigenvalue weighted by Gasteiger charge is 2.20. The Morgan fingerprint density at radius 1 is 1.24 bits per heavy atom. The Labute approximate surface area is 164 Å². The summed E-state index contributed by atoms with van der Waals surface area (Å²) in [6, 6.07) is 2.86. The first-order valence-electron chi connectivity index (χ1n) is 9.10. The smallest absolute Gasteiger partial charge is 0.375 e. The van der Waals surface area contributed by atoms with E-state index < -0.39 is 11.8 Å². The minimum absolute atomic E-state index is 0.156. The second kappa shape index (κ2) is 7.38. The number of fused-ring (bicyclic) bond motifs is 1. The molecule has 10 heteroatoms. The van der Waals surface area contributed by atoms with Crippen LogP contribution in [0.1, 0.15) is 41.0 Å². The molecule has 0 radical (unpaired) electrons. The third-order valence-corrected chi connectivity index (χ3v) is 4.53. The van der Waals surface area contributed by atoms with Crippen molar-refractivity contribution in [3.63, 3.8) is 0 Å². The Bertz CT molecular complexity index is 1210. The molecular weight excluding hydrogens is 377 g/mol. The number of rotatable bonds is 6. The molecule has 0 fully saturated rings. The molecule has 0 aromatic carbocycles. The average Bonchev–Trinajstić information content (AvgIpc) is 3.33. The summed E-state index contributed by atoms with van der Waals surface area (Å²) >= 11 is 0. The Kier molecular flexibility index (Phi) is 4.75. The van der Waals surface area contributed by atoms with Gasteiger partial charge in [0.25, 0.3) is 5.82 Å². The number of aromatic carboxylic acids is 1. The van der Waals surface area contributed by atoms with Crippen LogP contribution in [0.15, 0.2) is 30.7 Å². The fourth-order valence-corrected chi connectivity index (χ4v) is 3.27. The van der Waals surface area contributed by atoms with Gasteiger partial charge < -0.3 is 9.67 Å². The van der Waals surface area contributed by atoms with E-state index in [1.807, 2.05) is 6.92 Å². The number of aromatic nitrogens is 7. The standard InChI is InChI=1S/C19H18FN7O2/c1-3-5-12-14(23-11(2)27-17(12)24-16(25-27)19(28)29)10-26-9-8-22-18(26)15-13(20)6-4-7-21-15/h4,6-9H,3,5,10H2,1-2H3,(H,28,29). The molecular formula is C19H18FN7O2. The Morgan fingerprint density at radius 2 is 2.07 bits per heavy atom. The summed E-state index contributed by atoms with van der Waals surface area (Å²) in [4.78, 5) is 28.5. The summed E-state index contributed by atoms with van der Waals surface area (Å²) in [5.74, 6) is -1.03. The zero-order chi connectivity index (χ0) is 20.5. The molecule has 29 heavy (non-hydrogen) atoms. The predicted octanol–water partition coefficient (Wildman–Crippen LogP) is 2.53. The van der Waals surface area contributed by atoms with E-state index in [0.29, 0.717) is 36.0 Å². The van der Waals surface area contributed by atoms with Crippen LogP contribution >= 0.6 is 0 Å². The molecule has 0 spiro atoms. The number of hydrogen-bond donors (Lipinski definition) is 1. The van der Waals surface area contributed by atoms with Gasteiger partial charge in [-0.25, -0.2) is 29.1 Å². The summed E-state index contributed by atoms with van der Waals surface area (Å²) in [5, 5.41) is 13.3. The van der Waals surface area contributed by atoms with Crippen LogP contribution in [0.4, 0.5) is 4.39 Å². The summed E-state index contributed by atoms with van der Waals surface area (Å²) in [6.07, 6.45) is 6.28. The van der Waals surface area contributed by atoms with Crippen molar-refractivity contribution in [2.45, 2.75) is 33.2 Å². The predicted molar refractivity (Wildman–Crippen MR) is 101 cm³/mol. The van der Waals surface area contributed by atoms with Gasteiger partial charge in [0.2, 0.25) is 0 Å². The van der Waals surface area contributed by atoms with E-state index in [-0.39, 0.29) is 11.5 Å². The van der Waals surface area contributed by atoms with Crippen LogP contribution in [0, 0.1) is 12.7 Å². The van der Waals surface area contributed by atoms with Crippen LogP contribution in [0.5, 0.6) is 0 Å². The molecule has 0 saturated carbocycles. The maximum Gasteiger partial charge on any atom is 0.375 e. The van der Waals surface area contributed by atoms with E-state index in [4.69, 9.17) is 0 Å². The molecule has 0 aliphatic carbocycles. The largest absolute Gasteiger partial charge is 0.475 e. The zero-order valence-corrected chi connectivity index (χ0v) is 15.9. The molecule has 0 atom stereocenters. The van der Waals surface area contributed by atoms with Gasteiger partial charge in [-0.1, -0.05) is 13.3 Å². The monoisotopic (exact) mass is 395 g/mol. The highest BCUT2D eigenvalue weighted by molar-refractivity contribution is 5.84. The topological polar surface area (TPSA) is 111 Å². The van der Waals surface area contributed by atoms with Gasteiger partial charge in [0.1, 0.15) is 11.5 Å². The summed E-state index contributed by atoms with van der Waals surface area (Å²) < 4.78 is 17.4. The van der Waals surface area contributed by atoms with Gasteiger partial charge >= 0.3 is 5.97 Å². The molecule has 4 rings (SSSR count). The lowest BCUT2D eigenvalue weighted by molar-refractivity contribution is 0.0684. The van der Waals surface area contributed by atoms with Crippen LogP contribution in [0.3, 0.4) is 0 Å². The fourth-order valence-electron chi connectivity index (χ4n) is 3.27. The molecule has 0 saturated heterocycles. The first-order valence-corrected chi connectivity index (χ1v) is 9.10. The summed E-state index contributed by atoms with van der Waals surface area (Å²) in [7, 11) is 0. The van der Waals surface area contributed by atoms with E-state index in [1.165, 1.54) is 22.8 Å². The van der Waals surface area contributed by atoms with E-state index in [1.54, 1.807) is 23.9 Å². The number of carboxylic acids is 1. The third kappa shape index (κ3) is 3.33. The lowest BCUT2D eigenvalue weighted by atomic mass is 10.1. The first-order chi connectivity index (χ1) is 14.0. The number of nitrogens with zero attached hydrogens (tertiary/aromatic N) is 7. The summed E-state index contributed by atoms with van der Waals surface area (Å²) in [5.41, 5.74) is 2.14.